The average molecular weight is 359 g/mol. The zero-order valence-corrected chi connectivity index (χ0v) is 14.7. The van der Waals surface area contributed by atoms with Gasteiger partial charge in [0, 0.05) is 12.8 Å². The molecule has 1 saturated carbocycles. The summed E-state index contributed by atoms with van der Waals surface area (Å²) in [6, 6.07) is 0. The van der Waals surface area contributed by atoms with Crippen LogP contribution >= 0.6 is 28.1 Å². The molecule has 2 rings (SSSR count). The summed E-state index contributed by atoms with van der Waals surface area (Å²) in [5, 5.41) is 0. The normalized spacial score (nSPS) is 18.8. The van der Waals surface area contributed by atoms with Crippen molar-refractivity contribution in [1.82, 2.24) is 9.97 Å². The maximum Gasteiger partial charge on any atom is 0.144 e. The predicted octanol–water partition coefficient (Wildman–Crippen LogP) is 5.05. The molecule has 0 radical (unpaired) electrons. The van der Waals surface area contributed by atoms with Crippen LogP contribution in [0.4, 0.5) is 0 Å². The summed E-state index contributed by atoms with van der Waals surface area (Å²) in [5.74, 6) is 0.915. The monoisotopic (exact) mass is 358 g/mol. The van der Waals surface area contributed by atoms with Crippen molar-refractivity contribution in [1.29, 1.82) is 0 Å². The molecule has 1 aliphatic carbocycles. The van der Waals surface area contributed by atoms with Gasteiger partial charge in [-0.3, -0.25) is 0 Å². The molecule has 0 bridgehead atoms. The maximum atomic E-state index is 5.92. The Bertz CT molecular complexity index is 507. The standard InChI is InChI=1S/C15H23BrN2OS/c1-3-8-11-12(16)13(20)18-14(17-11)15(19-2)9-6-4-5-7-10-15/h3-10H2,1-2H3,(H,17,18,20). The number of hydrogen-bond acceptors (Lipinski definition) is 3. The summed E-state index contributed by atoms with van der Waals surface area (Å²) in [6.45, 7) is 2.17. The van der Waals surface area contributed by atoms with Gasteiger partial charge in [-0.05, 0) is 35.2 Å². The van der Waals surface area contributed by atoms with Crippen LogP contribution in [0.3, 0.4) is 0 Å². The van der Waals surface area contributed by atoms with Crippen LogP contribution in [0.5, 0.6) is 0 Å². The van der Waals surface area contributed by atoms with Crippen molar-refractivity contribution < 1.29 is 4.74 Å². The fraction of sp³-hybridized carbons (Fsp3) is 0.733. The number of H-pyrrole nitrogens is 1. The number of aryl methyl sites for hydroxylation is 1. The highest BCUT2D eigenvalue weighted by atomic mass is 79.9. The van der Waals surface area contributed by atoms with Gasteiger partial charge in [0.15, 0.2) is 0 Å². The lowest BCUT2D eigenvalue weighted by Crippen LogP contribution is -2.31. The van der Waals surface area contributed by atoms with Crippen molar-refractivity contribution in [3.8, 4) is 0 Å². The topological polar surface area (TPSA) is 37.9 Å². The van der Waals surface area contributed by atoms with Crippen molar-refractivity contribution >= 4 is 28.1 Å². The van der Waals surface area contributed by atoms with Gasteiger partial charge in [0.05, 0.1) is 4.47 Å². The summed E-state index contributed by atoms with van der Waals surface area (Å²) >= 11 is 8.97. The Hall–Kier alpha value is -0.260. The SMILES string of the molecule is CCCc1[nH]c(C2(OC)CCCCCC2)nc(=S)c1Br. The summed E-state index contributed by atoms with van der Waals surface area (Å²) in [4.78, 5) is 8.11. The van der Waals surface area contributed by atoms with E-state index in [4.69, 9.17) is 17.0 Å². The Kier molecular flexibility index (Phi) is 5.75. The number of ether oxygens (including phenoxy) is 1. The van der Waals surface area contributed by atoms with Gasteiger partial charge in [0.1, 0.15) is 16.1 Å². The first kappa shape index (κ1) is 16.1. The van der Waals surface area contributed by atoms with E-state index in [1.807, 2.05) is 0 Å². The van der Waals surface area contributed by atoms with Gasteiger partial charge < -0.3 is 9.72 Å². The van der Waals surface area contributed by atoms with Gasteiger partial charge in [-0.15, -0.1) is 0 Å². The van der Waals surface area contributed by atoms with Crippen molar-refractivity contribution in [3.63, 3.8) is 0 Å². The van der Waals surface area contributed by atoms with E-state index in [2.05, 4.69) is 32.8 Å². The molecule has 0 saturated heterocycles. The summed E-state index contributed by atoms with van der Waals surface area (Å²) in [7, 11) is 1.80. The Morgan fingerprint density at radius 2 is 1.95 bits per heavy atom. The molecule has 1 aromatic heterocycles. The highest BCUT2D eigenvalue weighted by molar-refractivity contribution is 9.10. The van der Waals surface area contributed by atoms with Gasteiger partial charge >= 0.3 is 0 Å². The second kappa shape index (κ2) is 7.14. The van der Waals surface area contributed by atoms with Crippen molar-refractivity contribution in [2.45, 2.75) is 63.9 Å². The third-order valence-corrected chi connectivity index (χ3v) is 5.58. The molecule has 1 fully saturated rings. The summed E-state index contributed by atoms with van der Waals surface area (Å²) in [6.07, 6.45) is 9.04. The molecule has 0 amide bonds. The quantitative estimate of drug-likeness (QED) is 0.604. The van der Waals surface area contributed by atoms with Crippen LogP contribution in [0.25, 0.3) is 0 Å². The molecule has 1 aliphatic rings. The number of aromatic nitrogens is 2. The zero-order valence-electron chi connectivity index (χ0n) is 12.3. The van der Waals surface area contributed by atoms with E-state index >= 15 is 0 Å². The first-order valence-electron chi connectivity index (χ1n) is 7.47. The van der Waals surface area contributed by atoms with Crippen molar-refractivity contribution in [2.24, 2.45) is 0 Å². The molecule has 0 unspecified atom stereocenters. The van der Waals surface area contributed by atoms with Crippen LogP contribution < -0.4 is 0 Å². The van der Waals surface area contributed by atoms with Crippen LogP contribution in [0, 0.1) is 4.64 Å². The molecular weight excluding hydrogens is 336 g/mol. The van der Waals surface area contributed by atoms with E-state index < -0.39 is 0 Å². The summed E-state index contributed by atoms with van der Waals surface area (Å²) < 4.78 is 7.49. The minimum Gasteiger partial charge on any atom is -0.370 e. The minimum atomic E-state index is -0.284. The Morgan fingerprint density at radius 3 is 2.50 bits per heavy atom. The van der Waals surface area contributed by atoms with Crippen molar-refractivity contribution in [2.75, 3.05) is 7.11 Å². The van der Waals surface area contributed by atoms with Gasteiger partial charge in [0.2, 0.25) is 0 Å². The van der Waals surface area contributed by atoms with E-state index in [-0.39, 0.29) is 5.60 Å². The zero-order chi connectivity index (χ0) is 14.6. The van der Waals surface area contributed by atoms with Crippen LogP contribution in [-0.4, -0.2) is 17.1 Å². The first-order chi connectivity index (χ1) is 9.63. The molecule has 0 spiro atoms. The molecule has 3 nitrogen and oxygen atoms in total. The molecular formula is C15H23BrN2OS. The number of nitrogens with zero attached hydrogens (tertiary/aromatic N) is 1. The molecule has 112 valence electrons. The number of nitrogens with one attached hydrogen (secondary N) is 1. The predicted molar refractivity (Wildman–Crippen MR) is 87.5 cm³/mol. The van der Waals surface area contributed by atoms with E-state index in [9.17, 15) is 0 Å². The number of hydrogen-bond donors (Lipinski definition) is 1. The molecule has 1 aromatic rings. The highest BCUT2D eigenvalue weighted by Gasteiger charge is 2.35. The summed E-state index contributed by atoms with van der Waals surface area (Å²) in [5.41, 5.74) is 0.857. The lowest BCUT2D eigenvalue weighted by molar-refractivity contribution is -0.0354. The van der Waals surface area contributed by atoms with Gasteiger partial charge in [-0.1, -0.05) is 51.2 Å². The Labute approximate surface area is 134 Å². The molecule has 20 heavy (non-hydrogen) atoms. The maximum absolute atomic E-state index is 5.92. The smallest absolute Gasteiger partial charge is 0.144 e. The lowest BCUT2D eigenvalue weighted by atomic mass is 9.93. The van der Waals surface area contributed by atoms with Crippen LogP contribution in [0.15, 0.2) is 4.47 Å². The minimum absolute atomic E-state index is 0.284. The van der Waals surface area contributed by atoms with E-state index in [1.54, 1.807) is 7.11 Å². The fourth-order valence-corrected chi connectivity index (χ4v) is 3.58. The van der Waals surface area contributed by atoms with E-state index in [1.165, 1.54) is 25.7 Å². The second-order valence-corrected chi connectivity index (χ2v) is 6.73. The molecule has 5 heteroatoms. The van der Waals surface area contributed by atoms with Gasteiger partial charge in [-0.2, -0.15) is 0 Å². The Morgan fingerprint density at radius 1 is 1.30 bits per heavy atom. The number of rotatable bonds is 4. The number of methoxy groups -OCH3 is 1. The molecule has 0 aromatic carbocycles. The van der Waals surface area contributed by atoms with Crippen LogP contribution in [-0.2, 0) is 16.8 Å². The average Bonchev–Trinajstić information content (AvgIpc) is 2.70. The largest absolute Gasteiger partial charge is 0.370 e. The molecule has 0 atom stereocenters. The van der Waals surface area contributed by atoms with Crippen molar-refractivity contribution in [3.05, 3.63) is 20.6 Å². The molecule has 1 N–H and O–H groups in total. The number of halogens is 1. The lowest BCUT2D eigenvalue weighted by Gasteiger charge is -2.30. The van der Waals surface area contributed by atoms with Crippen LogP contribution in [0.1, 0.15) is 63.4 Å². The first-order valence-corrected chi connectivity index (χ1v) is 8.67. The van der Waals surface area contributed by atoms with Gasteiger partial charge in [-0.25, -0.2) is 4.98 Å². The second-order valence-electron chi connectivity index (χ2n) is 5.55. The van der Waals surface area contributed by atoms with E-state index in [0.717, 1.165) is 41.7 Å². The third kappa shape index (κ3) is 3.31. The van der Waals surface area contributed by atoms with Crippen LogP contribution in [0.2, 0.25) is 0 Å². The molecule has 0 aliphatic heterocycles. The number of aromatic amines is 1. The van der Waals surface area contributed by atoms with E-state index in [0.29, 0.717) is 4.64 Å². The highest BCUT2D eigenvalue weighted by Crippen LogP contribution is 2.37. The third-order valence-electron chi connectivity index (χ3n) is 4.17. The Balaban J connectivity index is 2.45. The fourth-order valence-electron chi connectivity index (χ4n) is 2.98. The molecule has 1 heterocycles. The van der Waals surface area contributed by atoms with Gasteiger partial charge in [0.25, 0.3) is 0 Å².